The average molecular weight is 212 g/mol. The fraction of sp³-hybridized carbons (Fsp3) is 0.875. The molecule has 2 saturated heterocycles. The zero-order valence-corrected chi connectivity index (χ0v) is 8.42. The van der Waals surface area contributed by atoms with Crippen LogP contribution in [0.15, 0.2) is 5.11 Å². The molecule has 0 N–H and O–H groups in total. The molecular weight excluding hydrogens is 200 g/mol. The number of hydroxylamine groups is 2. The molecule has 2 rings (SSSR count). The summed E-state index contributed by atoms with van der Waals surface area (Å²) in [4.78, 5) is 24.5. The van der Waals surface area contributed by atoms with Gasteiger partial charge in [-0.3, -0.25) is 14.5 Å². The third kappa shape index (κ3) is 1.70. The van der Waals surface area contributed by atoms with Crippen LogP contribution in [0.1, 0.15) is 26.2 Å². The molecule has 82 valence electrons. The van der Waals surface area contributed by atoms with Crippen molar-refractivity contribution < 1.29 is 14.5 Å². The number of rotatable bonds is 2. The molecule has 2 fully saturated rings. The minimum Gasteiger partial charge on any atom is -0.297 e. The molecule has 0 aliphatic carbocycles. The maximum atomic E-state index is 11.2. The zero-order chi connectivity index (χ0) is 10.9. The number of hydrogen-bond acceptors (Lipinski definition) is 5. The van der Waals surface area contributed by atoms with Crippen LogP contribution in [0.3, 0.4) is 0 Å². The van der Waals surface area contributed by atoms with Crippen molar-refractivity contribution in [2.75, 3.05) is 6.61 Å². The molecule has 2 aliphatic heterocycles. The van der Waals surface area contributed by atoms with E-state index in [4.69, 9.17) is 15.2 Å². The number of nitrogens with zero attached hydrogens (tertiary/aromatic N) is 4. The summed E-state index contributed by atoms with van der Waals surface area (Å²) in [6, 6.07) is 0. The predicted molar refractivity (Wildman–Crippen MR) is 49.1 cm³/mol. The summed E-state index contributed by atoms with van der Waals surface area (Å²) in [6.07, 6.45) is 1.25. The summed E-state index contributed by atoms with van der Waals surface area (Å²) < 4.78 is 0. The quantitative estimate of drug-likeness (QED) is 0.392. The molecule has 15 heavy (non-hydrogen) atoms. The minimum atomic E-state index is -0.830. The van der Waals surface area contributed by atoms with E-state index < -0.39 is 11.8 Å². The van der Waals surface area contributed by atoms with Gasteiger partial charge in [0.05, 0.1) is 6.61 Å². The maximum Gasteiger partial charge on any atom is 0.160 e. The van der Waals surface area contributed by atoms with Crippen molar-refractivity contribution in [2.24, 2.45) is 5.11 Å². The number of hydrogen-bond donors (Lipinski definition) is 0. The molecular formula is C8H12N4O3. The van der Waals surface area contributed by atoms with Crippen LogP contribution in [-0.2, 0) is 14.5 Å². The summed E-state index contributed by atoms with van der Waals surface area (Å²) >= 11 is 0. The van der Waals surface area contributed by atoms with Gasteiger partial charge in [0, 0.05) is 11.3 Å². The summed E-state index contributed by atoms with van der Waals surface area (Å²) in [5, 5.41) is 4.91. The molecule has 0 amide bonds. The summed E-state index contributed by atoms with van der Waals surface area (Å²) in [7, 11) is 0. The lowest BCUT2D eigenvalue weighted by Gasteiger charge is -2.34. The van der Waals surface area contributed by atoms with E-state index in [0.717, 1.165) is 6.42 Å². The van der Waals surface area contributed by atoms with Crippen molar-refractivity contribution in [3.63, 3.8) is 0 Å². The van der Waals surface area contributed by atoms with Crippen LogP contribution >= 0.6 is 0 Å². The van der Waals surface area contributed by atoms with Crippen LogP contribution in [0.25, 0.3) is 10.4 Å². The number of azide groups is 1. The van der Waals surface area contributed by atoms with Gasteiger partial charge in [-0.25, -0.2) is 0 Å². The molecule has 2 heterocycles. The van der Waals surface area contributed by atoms with Crippen molar-refractivity contribution >= 4 is 5.78 Å². The molecule has 2 aliphatic rings. The molecule has 0 radical (unpaired) electrons. The predicted octanol–water partition coefficient (Wildman–Crippen LogP) is 1.31. The monoisotopic (exact) mass is 212 g/mol. The molecule has 0 aromatic carbocycles. The van der Waals surface area contributed by atoms with E-state index in [1.54, 1.807) is 0 Å². The fourth-order valence-corrected chi connectivity index (χ4v) is 1.90. The highest BCUT2D eigenvalue weighted by Gasteiger charge is 2.51. The first-order valence-corrected chi connectivity index (χ1v) is 4.84. The lowest BCUT2D eigenvalue weighted by molar-refractivity contribution is -0.400. The molecule has 0 saturated carbocycles. The second kappa shape index (κ2) is 3.79. The van der Waals surface area contributed by atoms with Crippen LogP contribution < -0.4 is 0 Å². The van der Waals surface area contributed by atoms with Crippen LogP contribution in [0.2, 0.25) is 0 Å². The van der Waals surface area contributed by atoms with Gasteiger partial charge in [0.15, 0.2) is 11.4 Å². The Morgan fingerprint density at radius 1 is 1.73 bits per heavy atom. The topological polar surface area (TPSA) is 87.5 Å². The molecule has 7 heteroatoms. The summed E-state index contributed by atoms with van der Waals surface area (Å²) in [6.45, 7) is 1.97. The SMILES string of the molecule is CC(=O)[C@H]1C[C@@]2(N=[N+]=[N-])CCCON2O1. The minimum absolute atomic E-state index is 0.0829. The number of Topliss-reactive ketones (excluding diaryl/α,β-unsaturated/α-hetero) is 1. The molecule has 2 atom stereocenters. The second-order valence-electron chi connectivity index (χ2n) is 3.77. The lowest BCUT2D eigenvalue weighted by Crippen LogP contribution is -2.44. The number of carbonyl (C=O) groups is 1. The third-order valence-corrected chi connectivity index (χ3v) is 2.69. The van der Waals surface area contributed by atoms with Gasteiger partial charge >= 0.3 is 0 Å². The second-order valence-corrected chi connectivity index (χ2v) is 3.77. The van der Waals surface area contributed by atoms with Gasteiger partial charge in [-0.1, -0.05) is 10.3 Å². The number of ketones is 1. The van der Waals surface area contributed by atoms with Gasteiger partial charge < -0.3 is 0 Å². The largest absolute Gasteiger partial charge is 0.297 e. The van der Waals surface area contributed by atoms with E-state index in [2.05, 4.69) is 10.0 Å². The van der Waals surface area contributed by atoms with Gasteiger partial charge in [0.1, 0.15) is 6.10 Å². The Balaban J connectivity index is 2.24. The first kappa shape index (κ1) is 10.4. The van der Waals surface area contributed by atoms with E-state index in [1.165, 1.54) is 12.2 Å². The Morgan fingerprint density at radius 2 is 2.53 bits per heavy atom. The Hall–Kier alpha value is -1.14. The van der Waals surface area contributed by atoms with Crippen LogP contribution in [-0.4, -0.2) is 29.4 Å². The normalized spacial score (nSPS) is 35.7. The summed E-state index contributed by atoms with van der Waals surface area (Å²) in [5.74, 6) is -0.0829. The maximum absolute atomic E-state index is 11.2. The van der Waals surface area contributed by atoms with E-state index in [9.17, 15) is 4.79 Å². The van der Waals surface area contributed by atoms with E-state index >= 15 is 0 Å². The molecule has 0 bridgehead atoms. The van der Waals surface area contributed by atoms with Crippen molar-refractivity contribution in [3.05, 3.63) is 10.4 Å². The van der Waals surface area contributed by atoms with Crippen molar-refractivity contribution in [3.8, 4) is 0 Å². The Labute approximate surface area is 86.5 Å². The highest BCUT2D eigenvalue weighted by Crippen LogP contribution is 2.40. The average Bonchev–Trinajstić information content (AvgIpc) is 2.57. The lowest BCUT2D eigenvalue weighted by atomic mass is 9.97. The Kier molecular flexibility index (Phi) is 2.62. The Bertz CT molecular complexity index is 328. The van der Waals surface area contributed by atoms with Gasteiger partial charge in [-0.05, 0) is 25.3 Å². The molecule has 0 spiro atoms. The Morgan fingerprint density at radius 3 is 3.20 bits per heavy atom. The van der Waals surface area contributed by atoms with E-state index in [-0.39, 0.29) is 5.78 Å². The van der Waals surface area contributed by atoms with Gasteiger partial charge in [-0.15, -0.1) is 0 Å². The molecule has 0 unspecified atom stereocenters. The molecule has 7 nitrogen and oxygen atoms in total. The smallest absolute Gasteiger partial charge is 0.160 e. The first-order chi connectivity index (χ1) is 7.18. The van der Waals surface area contributed by atoms with Crippen molar-refractivity contribution in [1.82, 2.24) is 5.23 Å². The third-order valence-electron chi connectivity index (χ3n) is 2.69. The van der Waals surface area contributed by atoms with Gasteiger partial charge in [0.2, 0.25) is 0 Å². The fourth-order valence-electron chi connectivity index (χ4n) is 1.90. The van der Waals surface area contributed by atoms with Crippen molar-refractivity contribution in [1.29, 1.82) is 0 Å². The highest BCUT2D eigenvalue weighted by atomic mass is 17.0. The highest BCUT2D eigenvalue weighted by molar-refractivity contribution is 5.80. The zero-order valence-electron chi connectivity index (χ0n) is 8.42. The van der Waals surface area contributed by atoms with Crippen LogP contribution in [0.5, 0.6) is 0 Å². The van der Waals surface area contributed by atoms with Crippen LogP contribution in [0, 0.1) is 0 Å². The van der Waals surface area contributed by atoms with E-state index in [0.29, 0.717) is 19.4 Å². The van der Waals surface area contributed by atoms with Gasteiger partial charge in [0.25, 0.3) is 0 Å². The van der Waals surface area contributed by atoms with Gasteiger partial charge in [-0.2, -0.15) is 0 Å². The van der Waals surface area contributed by atoms with E-state index in [1.807, 2.05) is 0 Å². The van der Waals surface area contributed by atoms with Crippen LogP contribution in [0.4, 0.5) is 0 Å². The molecule has 0 aromatic heterocycles. The number of carbonyl (C=O) groups excluding carboxylic acids is 1. The number of fused-ring (bicyclic) bond motifs is 1. The standard InChI is InChI=1S/C8H12N4O3/c1-6(13)7-5-8(10-11-9)3-2-4-14-12(8)15-7/h7H,2-5H2,1H3/t7-,8-/m1/s1. The van der Waals surface area contributed by atoms with Crippen molar-refractivity contribution in [2.45, 2.75) is 38.0 Å². The molecule has 0 aromatic rings. The summed E-state index contributed by atoms with van der Waals surface area (Å²) in [5.41, 5.74) is 7.69. The first-order valence-electron chi connectivity index (χ1n) is 4.84.